The van der Waals surface area contributed by atoms with E-state index in [4.69, 9.17) is 21.1 Å². The Morgan fingerprint density at radius 2 is 1.97 bits per heavy atom. The third kappa shape index (κ3) is 5.17. The van der Waals surface area contributed by atoms with Crippen LogP contribution in [0.5, 0.6) is 5.75 Å². The molecule has 176 valence electrons. The molecule has 7 nitrogen and oxygen atoms in total. The van der Waals surface area contributed by atoms with Crippen molar-refractivity contribution in [3.63, 3.8) is 0 Å². The number of pyridine rings is 1. The quantitative estimate of drug-likeness (QED) is 0.359. The molecule has 1 saturated heterocycles. The second-order valence-corrected chi connectivity index (χ2v) is 8.68. The van der Waals surface area contributed by atoms with Crippen LogP contribution >= 0.6 is 11.6 Å². The molecule has 34 heavy (non-hydrogen) atoms. The van der Waals surface area contributed by atoms with Crippen molar-refractivity contribution in [1.29, 1.82) is 0 Å². The van der Waals surface area contributed by atoms with E-state index in [0.717, 1.165) is 73.3 Å². The Bertz CT molecular complexity index is 1250. The smallest absolute Gasteiger partial charge is 0.180 e. The molecule has 8 heteroatoms. The lowest BCUT2D eigenvalue weighted by molar-refractivity contribution is 0.0322. The number of H-pyrrole nitrogens is 1. The lowest BCUT2D eigenvalue weighted by Crippen LogP contribution is -2.38. The van der Waals surface area contributed by atoms with Crippen molar-refractivity contribution in [1.82, 2.24) is 19.9 Å². The topological polar surface area (TPSA) is 75.3 Å². The number of rotatable bonds is 8. The highest BCUT2D eigenvalue weighted by Gasteiger charge is 2.14. The number of nitrogens with one attached hydrogen (secondary N) is 2. The van der Waals surface area contributed by atoms with E-state index in [1.165, 1.54) is 5.56 Å². The van der Waals surface area contributed by atoms with Gasteiger partial charge in [0.1, 0.15) is 23.7 Å². The first-order chi connectivity index (χ1) is 16.7. The second kappa shape index (κ2) is 10.4. The number of nitrogens with zero attached hydrogens (tertiary/aromatic N) is 3. The molecule has 1 aliphatic rings. The molecule has 1 aliphatic heterocycles. The van der Waals surface area contributed by atoms with Crippen LogP contribution in [0.4, 0.5) is 11.4 Å². The van der Waals surface area contributed by atoms with Crippen LogP contribution in [0.15, 0.2) is 54.7 Å². The maximum Gasteiger partial charge on any atom is 0.180 e. The summed E-state index contributed by atoms with van der Waals surface area (Å²) in [6.07, 6.45) is 2.60. The molecule has 5 rings (SSSR count). The molecule has 0 spiro atoms. The van der Waals surface area contributed by atoms with Crippen LogP contribution in [-0.4, -0.2) is 59.3 Å². The second-order valence-electron chi connectivity index (χ2n) is 8.27. The van der Waals surface area contributed by atoms with Gasteiger partial charge in [-0.2, -0.15) is 0 Å². The third-order valence-electron chi connectivity index (χ3n) is 5.99. The van der Waals surface area contributed by atoms with E-state index in [1.807, 2.05) is 36.4 Å². The van der Waals surface area contributed by atoms with Gasteiger partial charge in [-0.1, -0.05) is 30.7 Å². The summed E-state index contributed by atoms with van der Waals surface area (Å²) >= 11 is 6.51. The van der Waals surface area contributed by atoms with Crippen molar-refractivity contribution >= 4 is 34.1 Å². The van der Waals surface area contributed by atoms with E-state index in [9.17, 15) is 0 Å². The molecule has 0 aliphatic carbocycles. The standard InChI is InChI=1S/C26H28ClN5O2/c1-2-18-4-3-5-20(16-18)29-23-22(27)17-28-26-24(23)30-25(31-26)19-6-8-21(9-7-19)34-15-12-32-10-13-33-14-11-32/h3-9,16-17H,2,10-15H2,1H3,(H2,28,29,30,31). The molecular formula is C26H28ClN5O2. The third-order valence-corrected chi connectivity index (χ3v) is 6.27. The molecule has 2 N–H and O–H groups in total. The molecular weight excluding hydrogens is 450 g/mol. The van der Waals surface area contributed by atoms with Crippen molar-refractivity contribution in [2.45, 2.75) is 13.3 Å². The minimum absolute atomic E-state index is 0.536. The first-order valence-corrected chi connectivity index (χ1v) is 12.0. The number of hydrogen-bond donors (Lipinski definition) is 2. The summed E-state index contributed by atoms with van der Waals surface area (Å²) in [5.41, 5.74) is 5.33. The van der Waals surface area contributed by atoms with Gasteiger partial charge in [0, 0.05) is 30.9 Å². The van der Waals surface area contributed by atoms with Crippen LogP contribution in [-0.2, 0) is 11.2 Å². The zero-order valence-corrected chi connectivity index (χ0v) is 19.9. The molecule has 0 bridgehead atoms. The van der Waals surface area contributed by atoms with Gasteiger partial charge in [0.2, 0.25) is 0 Å². The van der Waals surface area contributed by atoms with E-state index in [2.05, 4.69) is 44.2 Å². The Hall–Kier alpha value is -3.13. The number of morpholine rings is 1. The molecule has 0 atom stereocenters. The largest absolute Gasteiger partial charge is 0.492 e. The van der Waals surface area contributed by atoms with Gasteiger partial charge in [0.05, 0.1) is 30.1 Å². The Kier molecular flexibility index (Phi) is 6.94. The zero-order valence-electron chi connectivity index (χ0n) is 19.2. The van der Waals surface area contributed by atoms with Crippen molar-refractivity contribution in [3.05, 3.63) is 65.3 Å². The number of aromatic nitrogens is 3. The summed E-state index contributed by atoms with van der Waals surface area (Å²) in [4.78, 5) is 14.9. The summed E-state index contributed by atoms with van der Waals surface area (Å²) in [5.74, 6) is 1.57. The number of aryl methyl sites for hydroxylation is 1. The molecule has 0 amide bonds. The molecule has 1 fully saturated rings. The van der Waals surface area contributed by atoms with Crippen molar-refractivity contribution in [2.75, 3.05) is 44.8 Å². The van der Waals surface area contributed by atoms with Crippen LogP contribution in [0.2, 0.25) is 5.02 Å². The molecule has 0 unspecified atom stereocenters. The first kappa shape index (κ1) is 22.7. The highest BCUT2D eigenvalue weighted by Crippen LogP contribution is 2.33. The number of aromatic amines is 1. The highest BCUT2D eigenvalue weighted by atomic mass is 35.5. The number of benzene rings is 2. The number of ether oxygens (including phenoxy) is 2. The van der Waals surface area contributed by atoms with E-state index >= 15 is 0 Å². The SMILES string of the molecule is CCc1cccc(Nc2c(Cl)cnc3nc(-c4ccc(OCCN5CCOCC5)cc4)[nH]c23)c1. The van der Waals surface area contributed by atoms with Gasteiger partial charge in [0.25, 0.3) is 0 Å². The Morgan fingerprint density at radius 1 is 1.15 bits per heavy atom. The zero-order chi connectivity index (χ0) is 23.3. The van der Waals surface area contributed by atoms with Gasteiger partial charge >= 0.3 is 0 Å². The Balaban J connectivity index is 1.31. The number of halogens is 1. The van der Waals surface area contributed by atoms with Crippen molar-refractivity contribution in [2.24, 2.45) is 0 Å². The molecule has 0 radical (unpaired) electrons. The minimum Gasteiger partial charge on any atom is -0.492 e. The van der Waals surface area contributed by atoms with E-state index in [1.54, 1.807) is 6.20 Å². The predicted molar refractivity (Wildman–Crippen MR) is 136 cm³/mol. The number of hydrogen-bond acceptors (Lipinski definition) is 6. The molecule has 4 aromatic rings. The van der Waals surface area contributed by atoms with Crippen molar-refractivity contribution < 1.29 is 9.47 Å². The fourth-order valence-electron chi connectivity index (χ4n) is 4.03. The maximum absolute atomic E-state index is 6.51. The van der Waals surface area contributed by atoms with Gasteiger partial charge < -0.3 is 19.8 Å². The van der Waals surface area contributed by atoms with E-state index < -0.39 is 0 Å². The van der Waals surface area contributed by atoms with Gasteiger partial charge in [0.15, 0.2) is 5.65 Å². The first-order valence-electron chi connectivity index (χ1n) is 11.6. The van der Waals surface area contributed by atoms with Gasteiger partial charge in [-0.15, -0.1) is 0 Å². The summed E-state index contributed by atoms with van der Waals surface area (Å²) < 4.78 is 11.3. The normalized spacial score (nSPS) is 14.4. The van der Waals surface area contributed by atoms with Crippen LogP contribution in [0.3, 0.4) is 0 Å². The summed E-state index contributed by atoms with van der Waals surface area (Å²) in [6, 6.07) is 16.2. The summed E-state index contributed by atoms with van der Waals surface area (Å²) in [7, 11) is 0. The minimum atomic E-state index is 0.536. The summed E-state index contributed by atoms with van der Waals surface area (Å²) in [5, 5.41) is 3.97. The Morgan fingerprint density at radius 3 is 2.76 bits per heavy atom. The monoisotopic (exact) mass is 477 g/mol. The average molecular weight is 478 g/mol. The van der Waals surface area contributed by atoms with Crippen LogP contribution in [0, 0.1) is 0 Å². The predicted octanol–water partition coefficient (Wildman–Crippen LogP) is 5.30. The van der Waals surface area contributed by atoms with Crippen LogP contribution in [0.25, 0.3) is 22.6 Å². The lowest BCUT2D eigenvalue weighted by Gasteiger charge is -2.26. The van der Waals surface area contributed by atoms with Gasteiger partial charge in [-0.05, 0) is 48.4 Å². The van der Waals surface area contributed by atoms with Gasteiger partial charge in [-0.3, -0.25) is 4.90 Å². The maximum atomic E-state index is 6.51. The van der Waals surface area contributed by atoms with Crippen LogP contribution < -0.4 is 10.1 Å². The molecule has 0 saturated carbocycles. The van der Waals surface area contributed by atoms with Crippen molar-refractivity contribution in [3.8, 4) is 17.1 Å². The lowest BCUT2D eigenvalue weighted by atomic mass is 10.1. The Labute approximate surface area is 204 Å². The number of anilines is 2. The fourth-order valence-corrected chi connectivity index (χ4v) is 4.22. The molecule has 2 aromatic carbocycles. The highest BCUT2D eigenvalue weighted by molar-refractivity contribution is 6.34. The fraction of sp³-hybridized carbons (Fsp3) is 0.308. The molecule has 3 heterocycles. The van der Waals surface area contributed by atoms with E-state index in [0.29, 0.717) is 17.3 Å². The van der Waals surface area contributed by atoms with Gasteiger partial charge in [-0.25, -0.2) is 9.97 Å². The number of imidazole rings is 1. The number of fused-ring (bicyclic) bond motifs is 1. The average Bonchev–Trinajstić information content (AvgIpc) is 3.32. The van der Waals surface area contributed by atoms with Crippen LogP contribution in [0.1, 0.15) is 12.5 Å². The van der Waals surface area contributed by atoms with E-state index in [-0.39, 0.29) is 0 Å². The molecule has 2 aromatic heterocycles. The summed E-state index contributed by atoms with van der Waals surface area (Å²) in [6.45, 7) is 7.22.